The molecule has 0 aliphatic rings. The van der Waals surface area contributed by atoms with E-state index in [1.807, 2.05) is 43.3 Å². The first-order valence-corrected chi connectivity index (χ1v) is 9.66. The van der Waals surface area contributed by atoms with Crippen LogP contribution in [0.3, 0.4) is 0 Å². The third kappa shape index (κ3) is 4.51. The van der Waals surface area contributed by atoms with Crippen molar-refractivity contribution in [1.82, 2.24) is 0 Å². The molecule has 0 aliphatic heterocycles. The molecule has 0 saturated heterocycles. The maximum absolute atomic E-state index is 12.3. The zero-order valence-corrected chi connectivity index (χ0v) is 17.2. The van der Waals surface area contributed by atoms with Gasteiger partial charge >= 0.3 is 5.97 Å². The lowest BCUT2D eigenvalue weighted by Gasteiger charge is -2.12. The summed E-state index contributed by atoms with van der Waals surface area (Å²) in [7, 11) is 0. The number of anilines is 1. The first-order valence-electron chi connectivity index (χ1n) is 8.87. The number of nitrogens with one attached hydrogen (secondary N) is 1. The summed E-state index contributed by atoms with van der Waals surface area (Å²) < 4.78 is 11.5. The normalized spacial score (nSPS) is 10.5. The molecular weight excluding hydrogens is 422 g/mol. The van der Waals surface area contributed by atoms with Crippen LogP contribution in [0.1, 0.15) is 22.8 Å². The lowest BCUT2D eigenvalue weighted by atomic mass is 10.1. The fourth-order valence-electron chi connectivity index (χ4n) is 2.80. The van der Waals surface area contributed by atoms with Crippen molar-refractivity contribution in [2.45, 2.75) is 13.8 Å². The quantitative estimate of drug-likeness (QED) is 0.540. The Bertz CT molecular complexity index is 1030. The van der Waals surface area contributed by atoms with E-state index < -0.39 is 0 Å². The van der Waals surface area contributed by atoms with E-state index in [1.54, 1.807) is 25.1 Å². The molecule has 0 fully saturated rings. The molecule has 5 nitrogen and oxygen atoms in total. The second kappa shape index (κ2) is 8.89. The third-order valence-corrected chi connectivity index (χ3v) is 5.02. The number of aryl methyl sites for hydroxylation is 1. The lowest BCUT2D eigenvalue weighted by Crippen LogP contribution is -2.21. The molecule has 0 aromatic heterocycles. The average Bonchev–Trinajstić information content (AvgIpc) is 2.69. The van der Waals surface area contributed by atoms with Crippen LogP contribution in [0.25, 0.3) is 10.8 Å². The van der Waals surface area contributed by atoms with Crippen molar-refractivity contribution in [1.29, 1.82) is 0 Å². The summed E-state index contributed by atoms with van der Waals surface area (Å²) in [5.74, 6) is -0.0664. The number of halogens is 1. The number of esters is 1. The minimum Gasteiger partial charge on any atom is -0.483 e. The molecule has 0 unspecified atom stereocenters. The first kappa shape index (κ1) is 19.9. The number of hydrogen-bond acceptors (Lipinski definition) is 4. The molecule has 0 radical (unpaired) electrons. The molecule has 0 spiro atoms. The molecule has 1 N–H and O–H groups in total. The molecule has 0 heterocycles. The highest BCUT2D eigenvalue weighted by Crippen LogP contribution is 2.33. The maximum Gasteiger partial charge on any atom is 0.338 e. The van der Waals surface area contributed by atoms with E-state index in [4.69, 9.17) is 9.47 Å². The van der Waals surface area contributed by atoms with E-state index in [0.717, 1.165) is 20.8 Å². The largest absolute Gasteiger partial charge is 0.483 e. The fraction of sp³-hybridized carbons (Fsp3) is 0.182. The minimum atomic E-state index is -0.382. The van der Waals surface area contributed by atoms with Gasteiger partial charge in [-0.1, -0.05) is 30.3 Å². The SMILES string of the molecule is CCOC(=O)c1ccc(NC(=O)COc2ccc3ccccc3c2Br)c(C)c1. The van der Waals surface area contributed by atoms with Gasteiger partial charge in [-0.15, -0.1) is 0 Å². The van der Waals surface area contributed by atoms with Crippen LogP contribution >= 0.6 is 15.9 Å². The van der Waals surface area contributed by atoms with Crippen LogP contribution in [0.2, 0.25) is 0 Å². The van der Waals surface area contributed by atoms with E-state index >= 15 is 0 Å². The van der Waals surface area contributed by atoms with E-state index in [2.05, 4.69) is 21.2 Å². The van der Waals surface area contributed by atoms with Crippen LogP contribution in [-0.2, 0) is 9.53 Å². The van der Waals surface area contributed by atoms with Gasteiger partial charge in [-0.25, -0.2) is 4.79 Å². The molecule has 28 heavy (non-hydrogen) atoms. The number of benzene rings is 3. The van der Waals surface area contributed by atoms with Gasteiger partial charge in [-0.3, -0.25) is 4.79 Å². The second-order valence-electron chi connectivity index (χ2n) is 6.19. The van der Waals surface area contributed by atoms with Crippen LogP contribution in [-0.4, -0.2) is 25.1 Å². The predicted octanol–water partition coefficient (Wildman–Crippen LogP) is 5.10. The summed E-state index contributed by atoms with van der Waals surface area (Å²) in [5.41, 5.74) is 1.85. The third-order valence-electron chi connectivity index (χ3n) is 4.20. The number of fused-ring (bicyclic) bond motifs is 1. The van der Waals surface area contributed by atoms with Crippen molar-refractivity contribution in [2.75, 3.05) is 18.5 Å². The summed E-state index contributed by atoms with van der Waals surface area (Å²) in [5, 5.41) is 4.91. The van der Waals surface area contributed by atoms with Gasteiger partial charge in [0.25, 0.3) is 5.91 Å². The lowest BCUT2D eigenvalue weighted by molar-refractivity contribution is -0.118. The molecule has 0 saturated carbocycles. The van der Waals surface area contributed by atoms with Gasteiger partial charge in [0, 0.05) is 5.69 Å². The Kier molecular flexibility index (Phi) is 6.31. The molecule has 3 rings (SSSR count). The van der Waals surface area contributed by atoms with Crippen molar-refractivity contribution in [3.8, 4) is 5.75 Å². The molecule has 0 atom stereocenters. The van der Waals surface area contributed by atoms with Gasteiger partial charge in [0.2, 0.25) is 0 Å². The van der Waals surface area contributed by atoms with Crippen LogP contribution in [0.15, 0.2) is 59.1 Å². The number of amides is 1. The Morgan fingerprint density at radius 2 is 1.86 bits per heavy atom. The van der Waals surface area contributed by atoms with E-state index in [9.17, 15) is 9.59 Å². The monoisotopic (exact) mass is 441 g/mol. The topological polar surface area (TPSA) is 64.6 Å². The van der Waals surface area contributed by atoms with Crippen LogP contribution in [0.5, 0.6) is 5.75 Å². The fourth-order valence-corrected chi connectivity index (χ4v) is 3.41. The first-order chi connectivity index (χ1) is 13.5. The predicted molar refractivity (Wildman–Crippen MR) is 113 cm³/mol. The summed E-state index contributed by atoms with van der Waals surface area (Å²) >= 11 is 3.54. The van der Waals surface area contributed by atoms with E-state index in [-0.39, 0.29) is 18.5 Å². The van der Waals surface area contributed by atoms with Gasteiger partial charge in [0.05, 0.1) is 16.6 Å². The zero-order chi connectivity index (χ0) is 20.1. The van der Waals surface area contributed by atoms with Crippen LogP contribution in [0, 0.1) is 6.92 Å². The maximum atomic E-state index is 12.3. The Balaban J connectivity index is 1.65. The Morgan fingerprint density at radius 3 is 2.61 bits per heavy atom. The van der Waals surface area contributed by atoms with Crippen LogP contribution in [0.4, 0.5) is 5.69 Å². The summed E-state index contributed by atoms with van der Waals surface area (Å²) in [6.07, 6.45) is 0. The molecule has 0 bridgehead atoms. The van der Waals surface area contributed by atoms with Gasteiger partial charge in [-0.2, -0.15) is 0 Å². The Morgan fingerprint density at radius 1 is 1.07 bits per heavy atom. The van der Waals surface area contributed by atoms with Crippen LogP contribution < -0.4 is 10.1 Å². The number of ether oxygens (including phenoxy) is 2. The molecule has 0 aliphatic carbocycles. The molecular formula is C22H20BrNO4. The van der Waals surface area contributed by atoms with E-state index in [1.165, 1.54) is 0 Å². The highest BCUT2D eigenvalue weighted by atomic mass is 79.9. The molecule has 144 valence electrons. The van der Waals surface area contributed by atoms with E-state index in [0.29, 0.717) is 23.6 Å². The standard InChI is InChI=1S/C22H20BrNO4/c1-3-27-22(26)16-8-10-18(14(2)12-16)24-20(25)13-28-19-11-9-15-6-4-5-7-17(15)21(19)23/h4-12H,3,13H2,1-2H3,(H,24,25). The highest BCUT2D eigenvalue weighted by Gasteiger charge is 2.12. The van der Waals surface area contributed by atoms with Gasteiger partial charge in [-0.05, 0) is 70.4 Å². The summed E-state index contributed by atoms with van der Waals surface area (Å²) in [6, 6.07) is 16.7. The number of carbonyl (C=O) groups excluding carboxylic acids is 2. The highest BCUT2D eigenvalue weighted by molar-refractivity contribution is 9.10. The number of hydrogen-bond donors (Lipinski definition) is 1. The average molecular weight is 442 g/mol. The van der Waals surface area contributed by atoms with Crippen molar-refractivity contribution in [3.63, 3.8) is 0 Å². The summed E-state index contributed by atoms with van der Waals surface area (Å²) in [4.78, 5) is 24.1. The second-order valence-corrected chi connectivity index (χ2v) is 6.98. The Hall–Kier alpha value is -2.86. The molecule has 3 aromatic carbocycles. The van der Waals surface area contributed by atoms with Crippen molar-refractivity contribution in [3.05, 3.63) is 70.2 Å². The van der Waals surface area contributed by atoms with Gasteiger partial charge in [0.15, 0.2) is 6.61 Å². The van der Waals surface area contributed by atoms with Crippen molar-refractivity contribution in [2.24, 2.45) is 0 Å². The molecule has 1 amide bonds. The number of rotatable bonds is 6. The zero-order valence-electron chi connectivity index (χ0n) is 15.6. The number of carbonyl (C=O) groups is 2. The van der Waals surface area contributed by atoms with Gasteiger partial charge < -0.3 is 14.8 Å². The summed E-state index contributed by atoms with van der Waals surface area (Å²) in [6.45, 7) is 3.76. The van der Waals surface area contributed by atoms with Crippen molar-refractivity contribution < 1.29 is 19.1 Å². The Labute approximate surface area is 171 Å². The smallest absolute Gasteiger partial charge is 0.338 e. The molecule has 3 aromatic rings. The minimum absolute atomic E-state index is 0.129. The molecule has 6 heteroatoms. The van der Waals surface area contributed by atoms with Gasteiger partial charge in [0.1, 0.15) is 5.75 Å². The van der Waals surface area contributed by atoms with Crippen molar-refractivity contribution >= 4 is 44.3 Å².